The fraction of sp³-hybridized carbons (Fsp3) is 0.250. The van der Waals surface area contributed by atoms with Gasteiger partial charge in [0.25, 0.3) is 0 Å². The van der Waals surface area contributed by atoms with Crippen molar-refractivity contribution in [2.75, 3.05) is 14.2 Å². The van der Waals surface area contributed by atoms with Gasteiger partial charge in [-0.2, -0.15) is 13.2 Å². The second kappa shape index (κ2) is 6.27. The zero-order valence-corrected chi connectivity index (χ0v) is 12.1. The van der Waals surface area contributed by atoms with Gasteiger partial charge in [0.05, 0.1) is 26.4 Å². The maximum Gasteiger partial charge on any atom is 0.416 e. The molecule has 2 aromatic rings. The first-order valence-electron chi connectivity index (χ1n) is 6.44. The van der Waals surface area contributed by atoms with Crippen LogP contribution in [0, 0.1) is 0 Å². The first-order chi connectivity index (χ1) is 10.4. The minimum Gasteiger partial charge on any atom is -0.493 e. The second-order valence-electron chi connectivity index (χ2n) is 4.60. The topological polar surface area (TPSA) is 38.7 Å². The molecule has 0 radical (unpaired) electrons. The lowest BCUT2D eigenvalue weighted by Crippen LogP contribution is -2.06. The number of alkyl halides is 3. The van der Waals surface area contributed by atoms with Crippen LogP contribution < -0.4 is 9.47 Å². The van der Waals surface area contributed by atoms with Crippen LogP contribution in [0.25, 0.3) is 11.1 Å². The Labute approximate surface area is 125 Å². The fourth-order valence-corrected chi connectivity index (χ4v) is 2.19. The predicted molar refractivity (Wildman–Crippen MR) is 75.9 cm³/mol. The predicted octanol–water partition coefficient (Wildman–Crippen LogP) is 3.88. The molecule has 0 aliphatic rings. The highest BCUT2D eigenvalue weighted by atomic mass is 19.4. The van der Waals surface area contributed by atoms with Crippen LogP contribution in [0.5, 0.6) is 11.5 Å². The normalized spacial score (nSPS) is 11.4. The number of methoxy groups -OCH3 is 2. The summed E-state index contributed by atoms with van der Waals surface area (Å²) in [5.41, 5.74) is 0.551. The summed E-state index contributed by atoms with van der Waals surface area (Å²) < 4.78 is 48.5. The Balaban J connectivity index is 2.53. The van der Waals surface area contributed by atoms with Gasteiger partial charge in [0.15, 0.2) is 11.5 Å². The SMILES string of the molecule is COc1ccc(-c2ccc(C(F)(F)F)cc2CO)cc1OC. The van der Waals surface area contributed by atoms with Gasteiger partial charge < -0.3 is 14.6 Å². The monoisotopic (exact) mass is 312 g/mol. The molecule has 0 aliphatic heterocycles. The molecule has 1 N–H and O–H groups in total. The number of rotatable bonds is 4. The van der Waals surface area contributed by atoms with E-state index in [4.69, 9.17) is 9.47 Å². The molecule has 0 unspecified atom stereocenters. The molecule has 3 nitrogen and oxygen atoms in total. The van der Waals surface area contributed by atoms with Crippen molar-refractivity contribution in [3.05, 3.63) is 47.5 Å². The first-order valence-corrected chi connectivity index (χ1v) is 6.44. The summed E-state index contributed by atoms with van der Waals surface area (Å²) in [7, 11) is 2.97. The molecule has 0 saturated heterocycles. The van der Waals surface area contributed by atoms with Gasteiger partial charge in [-0.1, -0.05) is 12.1 Å². The molecule has 2 rings (SSSR count). The molecule has 0 spiro atoms. The molecule has 118 valence electrons. The molecule has 0 saturated carbocycles. The smallest absolute Gasteiger partial charge is 0.416 e. The number of hydrogen-bond donors (Lipinski definition) is 1. The minimum absolute atomic E-state index is 0.196. The summed E-state index contributed by atoms with van der Waals surface area (Å²) in [6.07, 6.45) is -4.44. The quantitative estimate of drug-likeness (QED) is 0.931. The average Bonchev–Trinajstić information content (AvgIpc) is 2.52. The van der Waals surface area contributed by atoms with Crippen molar-refractivity contribution >= 4 is 0 Å². The van der Waals surface area contributed by atoms with Crippen molar-refractivity contribution in [3.63, 3.8) is 0 Å². The average molecular weight is 312 g/mol. The molecule has 0 bridgehead atoms. The van der Waals surface area contributed by atoms with Crippen molar-refractivity contribution < 1.29 is 27.8 Å². The van der Waals surface area contributed by atoms with E-state index in [0.29, 0.717) is 22.6 Å². The third-order valence-electron chi connectivity index (χ3n) is 3.30. The van der Waals surface area contributed by atoms with Crippen LogP contribution in [-0.4, -0.2) is 19.3 Å². The van der Waals surface area contributed by atoms with Crippen molar-refractivity contribution in [1.82, 2.24) is 0 Å². The molecule has 2 aromatic carbocycles. The van der Waals surface area contributed by atoms with Gasteiger partial charge in [-0.3, -0.25) is 0 Å². The van der Waals surface area contributed by atoms with Crippen LogP contribution in [0.1, 0.15) is 11.1 Å². The third-order valence-corrected chi connectivity index (χ3v) is 3.30. The number of aliphatic hydroxyl groups excluding tert-OH is 1. The van der Waals surface area contributed by atoms with Gasteiger partial charge in [0, 0.05) is 0 Å². The van der Waals surface area contributed by atoms with Crippen LogP contribution in [0.4, 0.5) is 13.2 Å². The number of ether oxygens (including phenoxy) is 2. The molecule has 22 heavy (non-hydrogen) atoms. The summed E-state index contributed by atoms with van der Waals surface area (Å²) in [5.74, 6) is 0.979. The molecule has 0 aliphatic carbocycles. The van der Waals surface area contributed by atoms with Crippen LogP contribution in [0.15, 0.2) is 36.4 Å². The maximum atomic E-state index is 12.7. The van der Waals surface area contributed by atoms with Crippen LogP contribution in [0.2, 0.25) is 0 Å². The number of hydrogen-bond acceptors (Lipinski definition) is 3. The van der Waals surface area contributed by atoms with E-state index in [2.05, 4.69) is 0 Å². The van der Waals surface area contributed by atoms with Gasteiger partial charge in [0.2, 0.25) is 0 Å². The van der Waals surface area contributed by atoms with E-state index in [1.807, 2.05) is 0 Å². The van der Waals surface area contributed by atoms with Gasteiger partial charge in [-0.05, 0) is 41.0 Å². The van der Waals surface area contributed by atoms with E-state index >= 15 is 0 Å². The summed E-state index contributed by atoms with van der Waals surface area (Å²) >= 11 is 0. The summed E-state index contributed by atoms with van der Waals surface area (Å²) in [6.45, 7) is -0.492. The second-order valence-corrected chi connectivity index (χ2v) is 4.60. The molecular weight excluding hydrogens is 297 g/mol. The highest BCUT2D eigenvalue weighted by molar-refractivity contribution is 5.70. The van der Waals surface area contributed by atoms with Gasteiger partial charge in [-0.25, -0.2) is 0 Å². The Bertz CT molecular complexity index is 666. The Morgan fingerprint density at radius 3 is 2.18 bits per heavy atom. The standard InChI is InChI=1S/C16H15F3O3/c1-21-14-6-3-10(8-15(14)22-2)13-5-4-12(16(17,18)19)7-11(13)9-20/h3-8,20H,9H2,1-2H3. The molecule has 6 heteroatoms. The highest BCUT2D eigenvalue weighted by Gasteiger charge is 2.31. The third kappa shape index (κ3) is 3.17. The summed E-state index contributed by atoms with van der Waals surface area (Å²) in [6, 6.07) is 8.30. The molecular formula is C16H15F3O3. The van der Waals surface area contributed by atoms with Crippen molar-refractivity contribution in [2.45, 2.75) is 12.8 Å². The van der Waals surface area contributed by atoms with E-state index in [0.717, 1.165) is 12.1 Å². The minimum atomic E-state index is -4.44. The Hall–Kier alpha value is -2.21. The Morgan fingerprint density at radius 2 is 1.64 bits per heavy atom. The van der Waals surface area contributed by atoms with Crippen LogP contribution in [-0.2, 0) is 12.8 Å². The van der Waals surface area contributed by atoms with E-state index in [9.17, 15) is 18.3 Å². The van der Waals surface area contributed by atoms with Crippen molar-refractivity contribution in [1.29, 1.82) is 0 Å². The van der Waals surface area contributed by atoms with E-state index in [-0.39, 0.29) is 5.56 Å². The lowest BCUT2D eigenvalue weighted by atomic mass is 9.97. The molecule has 0 amide bonds. The van der Waals surface area contributed by atoms with E-state index in [1.54, 1.807) is 18.2 Å². The zero-order valence-electron chi connectivity index (χ0n) is 12.1. The molecule has 0 atom stereocenters. The molecule has 0 heterocycles. The van der Waals surface area contributed by atoms with Crippen molar-refractivity contribution in [2.24, 2.45) is 0 Å². The summed E-state index contributed by atoms with van der Waals surface area (Å²) in [5, 5.41) is 9.37. The lowest BCUT2D eigenvalue weighted by molar-refractivity contribution is -0.137. The molecule has 0 aromatic heterocycles. The van der Waals surface area contributed by atoms with Gasteiger partial charge in [-0.15, -0.1) is 0 Å². The lowest BCUT2D eigenvalue weighted by Gasteiger charge is -2.14. The van der Waals surface area contributed by atoms with E-state index in [1.165, 1.54) is 20.3 Å². The maximum absolute atomic E-state index is 12.7. The Morgan fingerprint density at radius 1 is 0.955 bits per heavy atom. The number of benzene rings is 2. The highest BCUT2D eigenvalue weighted by Crippen LogP contribution is 2.36. The van der Waals surface area contributed by atoms with Crippen LogP contribution in [0.3, 0.4) is 0 Å². The Kier molecular flexibility index (Phi) is 4.61. The number of aliphatic hydroxyl groups is 1. The first kappa shape index (κ1) is 16.2. The van der Waals surface area contributed by atoms with E-state index < -0.39 is 18.3 Å². The fourth-order valence-electron chi connectivity index (χ4n) is 2.19. The largest absolute Gasteiger partial charge is 0.493 e. The van der Waals surface area contributed by atoms with Crippen LogP contribution >= 0.6 is 0 Å². The summed E-state index contributed by atoms with van der Waals surface area (Å²) in [4.78, 5) is 0. The zero-order chi connectivity index (χ0) is 16.3. The molecule has 0 fully saturated rings. The number of halogens is 3. The van der Waals surface area contributed by atoms with Gasteiger partial charge >= 0.3 is 6.18 Å². The van der Waals surface area contributed by atoms with Crippen molar-refractivity contribution in [3.8, 4) is 22.6 Å². The van der Waals surface area contributed by atoms with Gasteiger partial charge in [0.1, 0.15) is 0 Å².